The van der Waals surface area contributed by atoms with E-state index in [2.05, 4.69) is 21.8 Å². The van der Waals surface area contributed by atoms with Gasteiger partial charge in [-0.3, -0.25) is 0 Å². The largest absolute Gasteiger partial charge is 0.384 e. The smallest absolute Gasteiger partial charge is 0.264 e. The lowest BCUT2D eigenvalue weighted by molar-refractivity contribution is -0.00571. The Morgan fingerprint density at radius 2 is 1.87 bits per heavy atom. The van der Waals surface area contributed by atoms with Crippen molar-refractivity contribution in [3.05, 3.63) is 23.9 Å². The summed E-state index contributed by atoms with van der Waals surface area (Å²) in [4.78, 5) is 17.7. The quantitative estimate of drug-likeness (QED) is 0.786. The third-order valence-electron chi connectivity index (χ3n) is 5.53. The van der Waals surface area contributed by atoms with Crippen LogP contribution in [0.3, 0.4) is 0 Å². The highest BCUT2D eigenvalue weighted by atomic mass is 19.3. The van der Waals surface area contributed by atoms with Gasteiger partial charge in [-0.1, -0.05) is 0 Å². The average Bonchev–Trinajstić information content (AvgIpc) is 2.73. The summed E-state index contributed by atoms with van der Waals surface area (Å²) in [5, 5.41) is 0. The van der Waals surface area contributed by atoms with Gasteiger partial charge in [0.2, 0.25) is 5.95 Å². The number of ether oxygens (including phenoxy) is 2. The molecule has 0 radical (unpaired) electrons. The van der Waals surface area contributed by atoms with E-state index in [1.807, 2.05) is 18.7 Å². The van der Waals surface area contributed by atoms with Crippen LogP contribution < -0.4 is 15.5 Å². The van der Waals surface area contributed by atoms with E-state index in [0.29, 0.717) is 50.3 Å². The number of halogens is 2. The summed E-state index contributed by atoms with van der Waals surface area (Å²) in [7, 11) is 0. The standard InChI is InChI=1S/C21H28F2N6O2/c1-12-11-30-5-4-29(12)19-7-17(16-8-25-18(24)6-15(16)20(22)23)26-21(27-19)28-9-13(2)31-14(3)10-28/h6-8,12-14,20H,4-5,9-11H2,1-3H3,(H2,24,25)/t12-,13-,14+/m1/s1. The van der Waals surface area contributed by atoms with Crippen molar-refractivity contribution in [2.75, 3.05) is 48.4 Å². The van der Waals surface area contributed by atoms with Crippen LogP contribution in [0.25, 0.3) is 11.3 Å². The maximum atomic E-state index is 13.8. The van der Waals surface area contributed by atoms with E-state index in [0.717, 1.165) is 0 Å². The molecule has 2 N–H and O–H groups in total. The van der Waals surface area contributed by atoms with Gasteiger partial charge in [0.05, 0.1) is 37.2 Å². The number of alkyl halides is 2. The van der Waals surface area contributed by atoms with E-state index in [1.165, 1.54) is 12.3 Å². The number of anilines is 3. The lowest BCUT2D eigenvalue weighted by Crippen LogP contribution is -2.47. The molecule has 0 amide bonds. The maximum absolute atomic E-state index is 13.8. The van der Waals surface area contributed by atoms with Crippen molar-refractivity contribution in [2.24, 2.45) is 0 Å². The zero-order valence-electron chi connectivity index (χ0n) is 18.0. The Bertz CT molecular complexity index is 921. The molecule has 0 spiro atoms. The third-order valence-corrected chi connectivity index (χ3v) is 5.53. The zero-order valence-corrected chi connectivity index (χ0v) is 18.0. The molecule has 2 fully saturated rings. The first-order valence-electron chi connectivity index (χ1n) is 10.5. The van der Waals surface area contributed by atoms with Gasteiger partial charge in [0.15, 0.2) is 0 Å². The minimum absolute atomic E-state index is 0.0107. The Balaban J connectivity index is 1.82. The van der Waals surface area contributed by atoms with E-state index < -0.39 is 6.43 Å². The number of nitrogens with zero attached hydrogens (tertiary/aromatic N) is 5. The Morgan fingerprint density at radius 3 is 2.55 bits per heavy atom. The van der Waals surface area contributed by atoms with Crippen LogP contribution >= 0.6 is 0 Å². The Hall–Kier alpha value is -2.59. The van der Waals surface area contributed by atoms with Gasteiger partial charge >= 0.3 is 0 Å². The monoisotopic (exact) mass is 434 g/mol. The number of hydrogen-bond acceptors (Lipinski definition) is 8. The first-order chi connectivity index (χ1) is 14.8. The minimum atomic E-state index is -2.70. The lowest BCUT2D eigenvalue weighted by Gasteiger charge is -2.37. The van der Waals surface area contributed by atoms with E-state index in [1.54, 1.807) is 6.07 Å². The highest BCUT2D eigenvalue weighted by Crippen LogP contribution is 2.34. The van der Waals surface area contributed by atoms with Gasteiger partial charge in [-0.25, -0.2) is 18.7 Å². The molecule has 2 saturated heterocycles. The molecule has 4 rings (SSSR count). The number of morpholine rings is 2. The SMILES string of the molecule is C[C@@H]1CN(c2nc(-c3cnc(N)cc3C(F)F)cc(N3CCOC[C@H]3C)n2)C[C@H](C)O1. The number of nitrogens with two attached hydrogens (primary N) is 1. The molecule has 31 heavy (non-hydrogen) atoms. The normalized spacial score (nSPS) is 24.6. The predicted molar refractivity (Wildman–Crippen MR) is 114 cm³/mol. The first-order valence-corrected chi connectivity index (χ1v) is 10.5. The number of aromatic nitrogens is 3. The summed E-state index contributed by atoms with van der Waals surface area (Å²) in [5.41, 5.74) is 6.12. The highest BCUT2D eigenvalue weighted by molar-refractivity contribution is 5.69. The van der Waals surface area contributed by atoms with Crippen LogP contribution in [0, 0.1) is 0 Å². The second kappa shape index (κ2) is 8.88. The van der Waals surface area contributed by atoms with Gasteiger partial charge in [0.25, 0.3) is 6.43 Å². The molecule has 2 aromatic rings. The summed E-state index contributed by atoms with van der Waals surface area (Å²) in [6.07, 6.45) is -1.32. The zero-order chi connectivity index (χ0) is 22.1. The molecule has 0 unspecified atom stereocenters. The molecule has 3 atom stereocenters. The molecule has 168 valence electrons. The molecule has 2 aliphatic heterocycles. The Morgan fingerprint density at radius 1 is 1.13 bits per heavy atom. The molecule has 0 aromatic carbocycles. The van der Waals surface area contributed by atoms with Crippen molar-refractivity contribution in [1.29, 1.82) is 0 Å². The van der Waals surface area contributed by atoms with Crippen molar-refractivity contribution in [3.8, 4) is 11.3 Å². The van der Waals surface area contributed by atoms with Crippen molar-refractivity contribution < 1.29 is 18.3 Å². The van der Waals surface area contributed by atoms with Crippen LogP contribution in [-0.4, -0.2) is 66.0 Å². The fraction of sp³-hybridized carbons (Fsp3) is 0.571. The Labute approximate surface area is 180 Å². The molecule has 0 saturated carbocycles. The predicted octanol–water partition coefficient (Wildman–Crippen LogP) is 2.90. The summed E-state index contributed by atoms with van der Waals surface area (Å²) in [5.74, 6) is 1.22. The minimum Gasteiger partial charge on any atom is -0.384 e. The van der Waals surface area contributed by atoms with Gasteiger partial charge in [0.1, 0.15) is 11.6 Å². The molecular weight excluding hydrogens is 406 g/mol. The first kappa shape index (κ1) is 21.6. The van der Waals surface area contributed by atoms with E-state index in [4.69, 9.17) is 20.2 Å². The third kappa shape index (κ3) is 4.69. The summed E-state index contributed by atoms with van der Waals surface area (Å²) >= 11 is 0. The maximum Gasteiger partial charge on any atom is 0.264 e. The topological polar surface area (TPSA) is 89.6 Å². The summed E-state index contributed by atoms with van der Waals surface area (Å²) in [6.45, 7) is 9.10. The second-order valence-corrected chi connectivity index (χ2v) is 8.19. The van der Waals surface area contributed by atoms with Gasteiger partial charge < -0.3 is 25.0 Å². The van der Waals surface area contributed by atoms with Crippen LogP contribution in [0.15, 0.2) is 18.3 Å². The van der Waals surface area contributed by atoms with Crippen molar-refractivity contribution in [2.45, 2.75) is 45.4 Å². The number of nitrogen functional groups attached to an aromatic ring is 1. The molecule has 0 bridgehead atoms. The van der Waals surface area contributed by atoms with Crippen LogP contribution in [0.2, 0.25) is 0 Å². The second-order valence-electron chi connectivity index (χ2n) is 8.19. The molecular formula is C21H28F2N6O2. The number of hydrogen-bond donors (Lipinski definition) is 1. The van der Waals surface area contributed by atoms with Crippen LogP contribution in [0.1, 0.15) is 32.8 Å². The fourth-order valence-electron chi connectivity index (χ4n) is 4.14. The van der Waals surface area contributed by atoms with E-state index >= 15 is 0 Å². The number of rotatable bonds is 4. The fourth-order valence-corrected chi connectivity index (χ4v) is 4.14. The van der Waals surface area contributed by atoms with Crippen molar-refractivity contribution in [3.63, 3.8) is 0 Å². The Kier molecular flexibility index (Phi) is 6.19. The van der Waals surface area contributed by atoms with Gasteiger partial charge in [-0.2, -0.15) is 4.98 Å². The molecule has 10 heteroatoms. The molecule has 0 aliphatic carbocycles. The molecule has 8 nitrogen and oxygen atoms in total. The van der Waals surface area contributed by atoms with E-state index in [-0.39, 0.29) is 35.2 Å². The van der Waals surface area contributed by atoms with Gasteiger partial charge in [-0.15, -0.1) is 0 Å². The molecule has 4 heterocycles. The van der Waals surface area contributed by atoms with Gasteiger partial charge in [0, 0.05) is 43.0 Å². The summed E-state index contributed by atoms with van der Waals surface area (Å²) < 4.78 is 39.0. The highest BCUT2D eigenvalue weighted by Gasteiger charge is 2.28. The van der Waals surface area contributed by atoms with Gasteiger partial charge in [-0.05, 0) is 26.8 Å². The van der Waals surface area contributed by atoms with Crippen molar-refractivity contribution >= 4 is 17.6 Å². The average molecular weight is 434 g/mol. The van der Waals surface area contributed by atoms with E-state index in [9.17, 15) is 8.78 Å². The molecule has 2 aliphatic rings. The van der Waals surface area contributed by atoms with Crippen molar-refractivity contribution in [1.82, 2.24) is 15.0 Å². The van der Waals surface area contributed by atoms with Crippen LogP contribution in [0.4, 0.5) is 26.4 Å². The van der Waals surface area contributed by atoms with Crippen LogP contribution in [-0.2, 0) is 9.47 Å². The van der Waals surface area contributed by atoms with Crippen LogP contribution in [0.5, 0.6) is 0 Å². The summed E-state index contributed by atoms with van der Waals surface area (Å²) in [6, 6.07) is 3.06. The molecule has 2 aromatic heterocycles. The lowest BCUT2D eigenvalue weighted by atomic mass is 10.1. The number of pyridine rings is 1.